The van der Waals surface area contributed by atoms with Gasteiger partial charge in [-0.1, -0.05) is 194 Å². The van der Waals surface area contributed by atoms with Crippen LogP contribution in [0, 0.1) is 0 Å². The van der Waals surface area contributed by atoms with E-state index in [9.17, 15) is 0 Å². The number of rotatable bonds is 7. The summed E-state index contributed by atoms with van der Waals surface area (Å²) in [6.45, 7) is 0. The summed E-state index contributed by atoms with van der Waals surface area (Å²) in [5.74, 6) is 0. The van der Waals surface area contributed by atoms with Crippen LogP contribution < -0.4 is 4.90 Å². The first-order valence-corrected chi connectivity index (χ1v) is 22.7. The van der Waals surface area contributed by atoms with Gasteiger partial charge in [-0.25, -0.2) is 0 Å². The van der Waals surface area contributed by atoms with E-state index in [4.69, 9.17) is 4.42 Å². The van der Waals surface area contributed by atoms with E-state index < -0.39 is 0 Å². The molecule has 0 N–H and O–H groups in total. The second-order valence-corrected chi connectivity index (χ2v) is 17.2. The van der Waals surface area contributed by atoms with Crippen molar-refractivity contribution in [3.63, 3.8) is 0 Å². The first-order valence-electron chi connectivity index (χ1n) is 22.7. The normalized spacial score (nSPS) is 11.6. The van der Waals surface area contributed by atoms with E-state index in [0.29, 0.717) is 0 Å². The van der Waals surface area contributed by atoms with Gasteiger partial charge >= 0.3 is 0 Å². The third-order valence-corrected chi connectivity index (χ3v) is 13.5. The van der Waals surface area contributed by atoms with Crippen LogP contribution in [0.5, 0.6) is 0 Å². The van der Waals surface area contributed by atoms with E-state index in [1.54, 1.807) is 0 Å². The van der Waals surface area contributed by atoms with Crippen molar-refractivity contribution in [2.24, 2.45) is 0 Å². The number of hydrogen-bond acceptors (Lipinski definition) is 2. The molecule has 66 heavy (non-hydrogen) atoms. The zero-order chi connectivity index (χ0) is 43.6. The molecule has 13 rings (SSSR count). The predicted octanol–water partition coefficient (Wildman–Crippen LogP) is 18.3. The highest BCUT2D eigenvalue weighted by Crippen LogP contribution is 2.45. The maximum absolute atomic E-state index is 6.55. The van der Waals surface area contributed by atoms with Crippen LogP contribution in [0.15, 0.2) is 253 Å². The molecule has 0 radical (unpaired) electrons. The fourth-order valence-electron chi connectivity index (χ4n) is 10.2. The van der Waals surface area contributed by atoms with Crippen LogP contribution in [-0.2, 0) is 0 Å². The standard InChI is InChI=1S/C64H41NO/c1-4-16-52-44(12-1)15-11-22-53(52)46-26-24-42(25-27-46)43-28-34-50(35-29-43)65(51-36-30-47(31-37-51)60-40-48-14-3-5-17-54(48)57-20-7-8-21-58(57)60)62-23-10-9-18-55(62)49-33-39-63-61(41-49)59-38-32-45-13-2-6-19-56(45)64(59)66-63/h1-41H. The van der Waals surface area contributed by atoms with Gasteiger partial charge in [-0.3, -0.25) is 0 Å². The van der Waals surface area contributed by atoms with Crippen molar-refractivity contribution in [2.45, 2.75) is 0 Å². The molecule has 0 saturated heterocycles. The van der Waals surface area contributed by atoms with Crippen LogP contribution in [0.3, 0.4) is 0 Å². The third-order valence-electron chi connectivity index (χ3n) is 13.5. The summed E-state index contributed by atoms with van der Waals surface area (Å²) in [5.41, 5.74) is 14.5. The Balaban J connectivity index is 0.923. The molecule has 0 aliphatic rings. The molecule has 1 aromatic heterocycles. The average molecular weight is 840 g/mol. The maximum Gasteiger partial charge on any atom is 0.143 e. The minimum Gasteiger partial charge on any atom is -0.455 e. The van der Waals surface area contributed by atoms with Crippen molar-refractivity contribution in [3.8, 4) is 44.5 Å². The van der Waals surface area contributed by atoms with Crippen LogP contribution in [0.2, 0.25) is 0 Å². The second kappa shape index (κ2) is 15.5. The number of fused-ring (bicyclic) bond motifs is 9. The lowest BCUT2D eigenvalue weighted by atomic mass is 9.93. The summed E-state index contributed by atoms with van der Waals surface area (Å²) < 4.78 is 6.55. The Hall–Kier alpha value is -8.72. The molecular formula is C64H41NO. The monoisotopic (exact) mass is 839 g/mol. The molecule has 2 heteroatoms. The number of hydrogen-bond donors (Lipinski definition) is 0. The molecule has 1 heterocycles. The van der Waals surface area contributed by atoms with Gasteiger partial charge in [-0.15, -0.1) is 0 Å². The summed E-state index contributed by atoms with van der Waals surface area (Å²) in [6.07, 6.45) is 0. The SMILES string of the molecule is c1ccc(N(c2ccc(-c3ccc(-c4cccc5ccccc45)cc3)cc2)c2ccc(-c3cc4ccccc4c4ccccc34)cc2)c(-c2ccc3oc4c5ccccc5ccc4c3c2)c1. The molecule has 0 aliphatic heterocycles. The molecule has 12 aromatic carbocycles. The van der Waals surface area contributed by atoms with E-state index in [-0.39, 0.29) is 0 Å². The highest BCUT2D eigenvalue weighted by atomic mass is 16.3. The molecule has 0 bridgehead atoms. The Bertz CT molecular complexity index is 3970. The topological polar surface area (TPSA) is 16.4 Å². The van der Waals surface area contributed by atoms with Gasteiger partial charge in [0.2, 0.25) is 0 Å². The molecule has 0 amide bonds. The summed E-state index contributed by atoms with van der Waals surface area (Å²) in [5, 5.41) is 12.1. The molecule has 0 aliphatic carbocycles. The van der Waals surface area contributed by atoms with Gasteiger partial charge in [0.15, 0.2) is 0 Å². The van der Waals surface area contributed by atoms with Crippen LogP contribution >= 0.6 is 0 Å². The Morgan fingerprint density at radius 3 is 1.53 bits per heavy atom. The molecule has 0 saturated carbocycles. The van der Waals surface area contributed by atoms with Crippen molar-refractivity contribution < 1.29 is 4.42 Å². The molecular weight excluding hydrogens is 799 g/mol. The lowest BCUT2D eigenvalue weighted by Gasteiger charge is -2.28. The second-order valence-electron chi connectivity index (χ2n) is 17.2. The van der Waals surface area contributed by atoms with Crippen molar-refractivity contribution in [2.75, 3.05) is 4.90 Å². The maximum atomic E-state index is 6.55. The third kappa shape index (κ3) is 6.34. The van der Waals surface area contributed by atoms with Gasteiger partial charge in [-0.2, -0.15) is 0 Å². The van der Waals surface area contributed by atoms with Gasteiger partial charge < -0.3 is 9.32 Å². The van der Waals surface area contributed by atoms with Gasteiger partial charge in [0.05, 0.1) is 5.69 Å². The fourth-order valence-corrected chi connectivity index (χ4v) is 10.2. The van der Waals surface area contributed by atoms with E-state index in [0.717, 1.165) is 55.5 Å². The van der Waals surface area contributed by atoms with Crippen LogP contribution in [0.25, 0.3) is 110 Å². The van der Waals surface area contributed by atoms with E-state index >= 15 is 0 Å². The first-order chi connectivity index (χ1) is 32.7. The molecule has 0 fully saturated rings. The van der Waals surface area contributed by atoms with Gasteiger partial charge in [-0.05, 0) is 131 Å². The summed E-state index contributed by atoms with van der Waals surface area (Å²) >= 11 is 0. The van der Waals surface area contributed by atoms with Gasteiger partial charge in [0.25, 0.3) is 0 Å². The van der Waals surface area contributed by atoms with Gasteiger partial charge in [0.1, 0.15) is 11.2 Å². The smallest absolute Gasteiger partial charge is 0.143 e. The molecule has 0 spiro atoms. The Morgan fingerprint density at radius 1 is 0.258 bits per heavy atom. The van der Waals surface area contributed by atoms with E-state index in [2.05, 4.69) is 254 Å². The zero-order valence-electron chi connectivity index (χ0n) is 36.0. The molecule has 2 nitrogen and oxygen atoms in total. The van der Waals surface area contributed by atoms with Crippen molar-refractivity contribution in [1.29, 1.82) is 0 Å². The Labute approximate surface area is 382 Å². The minimum absolute atomic E-state index is 0.886. The largest absolute Gasteiger partial charge is 0.455 e. The number of benzene rings is 12. The summed E-state index contributed by atoms with van der Waals surface area (Å²) in [4.78, 5) is 2.40. The van der Waals surface area contributed by atoms with E-state index in [1.807, 2.05) is 0 Å². The summed E-state index contributed by atoms with van der Waals surface area (Å²) in [6, 6.07) is 90.3. The number of para-hydroxylation sites is 1. The quantitative estimate of drug-likeness (QED) is 0.149. The molecule has 308 valence electrons. The molecule has 0 atom stereocenters. The fraction of sp³-hybridized carbons (Fsp3) is 0. The van der Waals surface area contributed by atoms with Crippen molar-refractivity contribution in [1.82, 2.24) is 0 Å². The zero-order valence-corrected chi connectivity index (χ0v) is 36.0. The molecule has 13 aromatic rings. The average Bonchev–Trinajstić information content (AvgIpc) is 3.78. The van der Waals surface area contributed by atoms with Crippen LogP contribution in [0.4, 0.5) is 17.1 Å². The minimum atomic E-state index is 0.886. The Morgan fingerprint density at radius 2 is 0.773 bits per heavy atom. The molecule has 0 unspecified atom stereocenters. The number of furan rings is 1. The number of anilines is 3. The summed E-state index contributed by atoms with van der Waals surface area (Å²) in [7, 11) is 0. The predicted molar refractivity (Wildman–Crippen MR) is 280 cm³/mol. The number of nitrogens with zero attached hydrogens (tertiary/aromatic N) is 1. The van der Waals surface area contributed by atoms with Gasteiger partial charge in [0, 0.05) is 33.1 Å². The van der Waals surface area contributed by atoms with Crippen molar-refractivity contribution >= 4 is 82.1 Å². The lowest BCUT2D eigenvalue weighted by Crippen LogP contribution is -2.11. The van der Waals surface area contributed by atoms with Crippen LogP contribution in [-0.4, -0.2) is 0 Å². The van der Waals surface area contributed by atoms with Crippen molar-refractivity contribution in [3.05, 3.63) is 249 Å². The lowest BCUT2D eigenvalue weighted by molar-refractivity contribution is 0.672. The highest BCUT2D eigenvalue weighted by Gasteiger charge is 2.20. The first kappa shape index (κ1) is 37.8. The Kier molecular flexibility index (Phi) is 8.89. The highest BCUT2D eigenvalue weighted by molar-refractivity contribution is 6.16. The van der Waals surface area contributed by atoms with E-state index in [1.165, 1.54) is 71.1 Å². The van der Waals surface area contributed by atoms with Crippen LogP contribution in [0.1, 0.15) is 0 Å².